The molecule has 0 unspecified atom stereocenters. The van der Waals surface area contributed by atoms with E-state index in [-0.39, 0.29) is 36.7 Å². The lowest BCUT2D eigenvalue weighted by molar-refractivity contribution is -0.180. The van der Waals surface area contributed by atoms with E-state index in [0.29, 0.717) is 18.4 Å². The third kappa shape index (κ3) is 3.42. The van der Waals surface area contributed by atoms with Crippen molar-refractivity contribution in [1.29, 1.82) is 0 Å². The smallest absolute Gasteiger partial charge is 0.342 e. The van der Waals surface area contributed by atoms with Crippen molar-refractivity contribution in [1.82, 2.24) is 4.90 Å². The summed E-state index contributed by atoms with van der Waals surface area (Å²) in [6.45, 7) is 0.444. The topological polar surface area (TPSA) is 79.2 Å². The van der Waals surface area contributed by atoms with Crippen LogP contribution in [0, 0.1) is 5.92 Å². The predicted molar refractivity (Wildman–Crippen MR) is 103 cm³/mol. The number of piperidine rings is 1. The number of amides is 1. The summed E-state index contributed by atoms with van der Waals surface area (Å²) in [6.07, 6.45) is -0.0741. The number of carbonyl (C=O) groups excluding carboxylic acids is 1. The van der Waals surface area contributed by atoms with Crippen LogP contribution in [-0.2, 0) is 20.0 Å². The maximum Gasteiger partial charge on any atom is 0.437 e. The van der Waals surface area contributed by atoms with E-state index in [1.807, 2.05) is 0 Å². The zero-order chi connectivity index (χ0) is 21.8. The maximum atomic E-state index is 13.6. The van der Waals surface area contributed by atoms with Gasteiger partial charge in [0.1, 0.15) is 0 Å². The van der Waals surface area contributed by atoms with Gasteiger partial charge in [-0.15, -0.1) is 10.2 Å². The van der Waals surface area contributed by atoms with E-state index in [9.17, 15) is 26.4 Å². The van der Waals surface area contributed by atoms with Crippen LogP contribution in [0.4, 0.5) is 13.2 Å². The molecule has 1 aliphatic carbocycles. The van der Waals surface area contributed by atoms with Gasteiger partial charge in [0.25, 0.3) is 5.66 Å². The normalized spacial score (nSPS) is 23.5. The van der Waals surface area contributed by atoms with Crippen molar-refractivity contribution < 1.29 is 26.4 Å². The first-order valence-electron chi connectivity index (χ1n) is 10.1. The van der Waals surface area contributed by atoms with Crippen LogP contribution < -0.4 is 0 Å². The van der Waals surface area contributed by atoms with Crippen LogP contribution in [-0.4, -0.2) is 50.4 Å². The molecule has 1 saturated heterocycles. The molecule has 10 heteroatoms. The third-order valence-corrected chi connectivity index (χ3v) is 7.88. The van der Waals surface area contributed by atoms with E-state index in [0.717, 1.165) is 19.1 Å². The SMILES string of the molecule is CS(=O)(=O)c1cccc(C2(C(=O)N3CCC(C4(C(F)(F)F)N=N4)CC3)CCCC2)c1. The molecule has 0 spiro atoms. The summed E-state index contributed by atoms with van der Waals surface area (Å²) in [5.41, 5.74) is -2.42. The largest absolute Gasteiger partial charge is 0.437 e. The van der Waals surface area contributed by atoms with Crippen LogP contribution in [0.1, 0.15) is 44.1 Å². The molecular formula is C20H24F3N3O3S. The van der Waals surface area contributed by atoms with Gasteiger partial charge in [-0.25, -0.2) is 8.42 Å². The number of carbonyl (C=O) groups is 1. The van der Waals surface area contributed by atoms with Gasteiger partial charge in [-0.2, -0.15) is 13.2 Å². The Morgan fingerprint density at radius 1 is 1.13 bits per heavy atom. The summed E-state index contributed by atoms with van der Waals surface area (Å²) in [4.78, 5) is 15.4. The van der Waals surface area contributed by atoms with E-state index in [2.05, 4.69) is 10.2 Å². The molecule has 4 rings (SSSR count). The van der Waals surface area contributed by atoms with Crippen LogP contribution >= 0.6 is 0 Å². The Morgan fingerprint density at radius 3 is 2.23 bits per heavy atom. The molecule has 0 aromatic heterocycles. The van der Waals surface area contributed by atoms with Crippen molar-refractivity contribution >= 4 is 15.7 Å². The lowest BCUT2D eigenvalue weighted by atomic mass is 9.76. The van der Waals surface area contributed by atoms with Crippen LogP contribution in [0.2, 0.25) is 0 Å². The Morgan fingerprint density at radius 2 is 1.73 bits per heavy atom. The summed E-state index contributed by atoms with van der Waals surface area (Å²) >= 11 is 0. The molecule has 2 heterocycles. The molecule has 0 atom stereocenters. The van der Waals surface area contributed by atoms with Gasteiger partial charge in [-0.05, 0) is 43.4 Å². The van der Waals surface area contributed by atoms with Crippen LogP contribution in [0.15, 0.2) is 39.4 Å². The maximum absolute atomic E-state index is 13.6. The molecule has 0 N–H and O–H groups in total. The molecule has 164 valence electrons. The minimum absolute atomic E-state index is 0.116. The van der Waals surface area contributed by atoms with Gasteiger partial charge in [0.15, 0.2) is 9.84 Å². The van der Waals surface area contributed by atoms with E-state index >= 15 is 0 Å². The van der Waals surface area contributed by atoms with Crippen LogP contribution in [0.5, 0.6) is 0 Å². The van der Waals surface area contributed by atoms with Gasteiger partial charge >= 0.3 is 6.18 Å². The van der Waals surface area contributed by atoms with Gasteiger partial charge in [0, 0.05) is 25.3 Å². The Bertz CT molecular complexity index is 971. The van der Waals surface area contributed by atoms with Crippen molar-refractivity contribution in [2.45, 2.75) is 60.7 Å². The fraction of sp³-hybridized carbons (Fsp3) is 0.650. The standard InChI is InChI=1S/C20H24F3N3O3S/c1-30(28,29)16-6-4-5-15(13-16)18(9-2-3-10-18)17(27)26-11-7-14(8-12-26)19(24-25-19)20(21,22)23/h4-6,13-14H,2-3,7-12H2,1H3. The molecule has 2 fully saturated rings. The molecule has 1 aromatic carbocycles. The average Bonchev–Trinajstić information content (AvgIpc) is 3.38. The Hall–Kier alpha value is -1.97. The second-order valence-corrected chi connectivity index (χ2v) is 10.6. The highest BCUT2D eigenvalue weighted by molar-refractivity contribution is 7.90. The molecule has 1 saturated carbocycles. The van der Waals surface area contributed by atoms with Gasteiger partial charge in [0.2, 0.25) is 5.91 Å². The third-order valence-electron chi connectivity index (χ3n) is 6.77. The number of hydrogen-bond donors (Lipinski definition) is 0. The highest BCUT2D eigenvalue weighted by atomic mass is 32.2. The van der Waals surface area contributed by atoms with Crippen molar-refractivity contribution in [3.63, 3.8) is 0 Å². The number of likely N-dealkylation sites (tertiary alicyclic amines) is 1. The van der Waals surface area contributed by atoms with E-state index in [1.54, 1.807) is 23.1 Å². The van der Waals surface area contributed by atoms with E-state index in [4.69, 9.17) is 0 Å². The second-order valence-electron chi connectivity index (χ2n) is 8.58. The fourth-order valence-corrected chi connectivity index (χ4v) is 5.65. The zero-order valence-electron chi connectivity index (χ0n) is 16.7. The van der Waals surface area contributed by atoms with E-state index < -0.39 is 33.0 Å². The zero-order valence-corrected chi connectivity index (χ0v) is 17.5. The second kappa shape index (κ2) is 7.03. The van der Waals surface area contributed by atoms with Crippen molar-refractivity contribution in [2.24, 2.45) is 16.1 Å². The summed E-state index contributed by atoms with van der Waals surface area (Å²) in [7, 11) is -3.42. The monoisotopic (exact) mass is 443 g/mol. The van der Waals surface area contributed by atoms with Crippen molar-refractivity contribution in [2.75, 3.05) is 19.3 Å². The summed E-state index contributed by atoms with van der Waals surface area (Å²) in [5, 5.41) is 6.62. The Kier molecular flexibility index (Phi) is 4.99. The number of benzene rings is 1. The quantitative estimate of drug-likeness (QED) is 0.709. The van der Waals surface area contributed by atoms with Gasteiger partial charge < -0.3 is 4.90 Å². The van der Waals surface area contributed by atoms with Gasteiger partial charge in [0.05, 0.1) is 10.3 Å². The first-order chi connectivity index (χ1) is 14.0. The average molecular weight is 443 g/mol. The summed E-state index contributed by atoms with van der Waals surface area (Å²) < 4.78 is 63.8. The number of halogens is 3. The first-order valence-corrected chi connectivity index (χ1v) is 12.0. The lowest BCUT2D eigenvalue weighted by Crippen LogP contribution is -2.51. The fourth-order valence-electron chi connectivity index (χ4n) is 4.98. The summed E-state index contributed by atoms with van der Waals surface area (Å²) in [5.74, 6) is -0.857. The number of hydrogen-bond acceptors (Lipinski definition) is 5. The molecule has 3 aliphatic rings. The van der Waals surface area contributed by atoms with Crippen LogP contribution in [0.25, 0.3) is 0 Å². The molecule has 6 nitrogen and oxygen atoms in total. The number of alkyl halides is 3. The predicted octanol–water partition coefficient (Wildman–Crippen LogP) is 3.86. The highest BCUT2D eigenvalue weighted by Crippen LogP contribution is 2.53. The number of rotatable bonds is 4. The summed E-state index contributed by atoms with van der Waals surface area (Å²) in [6, 6.07) is 6.52. The van der Waals surface area contributed by atoms with Crippen molar-refractivity contribution in [3.8, 4) is 0 Å². The molecule has 30 heavy (non-hydrogen) atoms. The number of sulfone groups is 1. The minimum Gasteiger partial charge on any atom is -0.342 e. The Labute approximate surface area is 173 Å². The Balaban J connectivity index is 1.55. The molecule has 1 amide bonds. The van der Waals surface area contributed by atoms with Gasteiger partial charge in [-0.3, -0.25) is 4.79 Å². The molecule has 2 aliphatic heterocycles. The van der Waals surface area contributed by atoms with E-state index in [1.165, 1.54) is 6.07 Å². The minimum atomic E-state index is -4.50. The van der Waals surface area contributed by atoms with Gasteiger partial charge in [-0.1, -0.05) is 25.0 Å². The first kappa shape index (κ1) is 21.3. The molecule has 0 bridgehead atoms. The number of nitrogens with zero attached hydrogens (tertiary/aromatic N) is 3. The van der Waals surface area contributed by atoms with Crippen LogP contribution in [0.3, 0.4) is 0 Å². The molecular weight excluding hydrogens is 419 g/mol. The van der Waals surface area contributed by atoms with Crippen molar-refractivity contribution in [3.05, 3.63) is 29.8 Å². The molecule has 0 radical (unpaired) electrons. The molecule has 1 aromatic rings. The lowest BCUT2D eigenvalue weighted by Gasteiger charge is -2.40. The highest BCUT2D eigenvalue weighted by Gasteiger charge is 2.68.